The van der Waals surface area contributed by atoms with Crippen molar-refractivity contribution in [1.29, 1.82) is 0 Å². The summed E-state index contributed by atoms with van der Waals surface area (Å²) < 4.78 is 0. The highest BCUT2D eigenvalue weighted by Gasteiger charge is 2.02. The van der Waals surface area contributed by atoms with Crippen LogP contribution >= 0.6 is 0 Å². The molecule has 0 heterocycles. The van der Waals surface area contributed by atoms with Crippen LogP contribution in [0.15, 0.2) is 59.8 Å². The molecule has 0 amide bonds. The van der Waals surface area contributed by atoms with Crippen molar-refractivity contribution in [2.75, 3.05) is 0 Å². The molecule has 0 aromatic carbocycles. The van der Waals surface area contributed by atoms with Crippen LogP contribution in [0.2, 0.25) is 0 Å². The molecule has 0 fully saturated rings. The van der Waals surface area contributed by atoms with Crippen molar-refractivity contribution in [3.8, 4) is 0 Å². The van der Waals surface area contributed by atoms with E-state index in [0.717, 1.165) is 11.1 Å². The van der Waals surface area contributed by atoms with Crippen LogP contribution < -0.4 is 0 Å². The average molecular weight is 188 g/mol. The molecule has 0 saturated carbocycles. The zero-order valence-electron chi connectivity index (χ0n) is 9.72. The summed E-state index contributed by atoms with van der Waals surface area (Å²) in [6.45, 7) is 15.9. The Bertz CT molecular complexity index is 305. The molecule has 0 aromatic rings. The van der Waals surface area contributed by atoms with Crippen molar-refractivity contribution in [3.05, 3.63) is 59.8 Å². The number of hydrogen-bond donors (Lipinski definition) is 0. The normalized spacial score (nSPS) is 12.3. The van der Waals surface area contributed by atoms with Gasteiger partial charge in [-0.15, -0.1) is 0 Å². The molecule has 0 spiro atoms. The van der Waals surface area contributed by atoms with Crippen LogP contribution in [-0.4, -0.2) is 0 Å². The van der Waals surface area contributed by atoms with Gasteiger partial charge in [-0.05, 0) is 44.4 Å². The SMILES string of the molecule is C=C/C(C)=C(/C=C)C(/C=C\C)=C(C)C. The molecule has 0 atom stereocenters. The van der Waals surface area contributed by atoms with E-state index in [-0.39, 0.29) is 0 Å². The van der Waals surface area contributed by atoms with Crippen molar-refractivity contribution < 1.29 is 0 Å². The maximum Gasteiger partial charge on any atom is -0.0162 e. The molecule has 14 heavy (non-hydrogen) atoms. The fourth-order valence-electron chi connectivity index (χ4n) is 1.29. The molecule has 0 heteroatoms. The van der Waals surface area contributed by atoms with Crippen LogP contribution in [0.3, 0.4) is 0 Å². The summed E-state index contributed by atoms with van der Waals surface area (Å²) >= 11 is 0. The first-order chi connectivity index (χ1) is 6.58. The summed E-state index contributed by atoms with van der Waals surface area (Å²) in [5, 5.41) is 0. The number of allylic oxidation sites excluding steroid dienone is 8. The second-order valence-electron chi connectivity index (χ2n) is 3.42. The van der Waals surface area contributed by atoms with Crippen LogP contribution in [0.5, 0.6) is 0 Å². The van der Waals surface area contributed by atoms with Gasteiger partial charge in [-0.2, -0.15) is 0 Å². The molecule has 0 aliphatic rings. The summed E-state index contributed by atoms with van der Waals surface area (Å²) in [5.41, 5.74) is 4.85. The molecule has 0 unspecified atom stereocenters. The third-order valence-corrected chi connectivity index (χ3v) is 2.10. The first kappa shape index (κ1) is 12.7. The van der Waals surface area contributed by atoms with Crippen LogP contribution in [0.25, 0.3) is 0 Å². The van der Waals surface area contributed by atoms with E-state index in [4.69, 9.17) is 0 Å². The van der Waals surface area contributed by atoms with Gasteiger partial charge in [0.05, 0.1) is 0 Å². The first-order valence-electron chi connectivity index (χ1n) is 4.84. The Hall–Kier alpha value is -1.30. The number of rotatable bonds is 4. The topological polar surface area (TPSA) is 0 Å². The molecule has 0 aliphatic heterocycles. The van der Waals surface area contributed by atoms with Gasteiger partial charge in [0.1, 0.15) is 0 Å². The minimum atomic E-state index is 1.16. The highest BCUT2D eigenvalue weighted by atomic mass is 14.1. The standard InChI is InChI=1S/C14H20/c1-7-10-14(11(4)5)13(9-3)12(6)8-2/h7-10H,2-3H2,1,4-6H3/b10-7-,13-12-. The third kappa shape index (κ3) is 3.21. The summed E-state index contributed by atoms with van der Waals surface area (Å²) in [5.74, 6) is 0. The molecule has 0 rings (SSSR count). The molecular weight excluding hydrogens is 168 g/mol. The van der Waals surface area contributed by atoms with Crippen LogP contribution in [-0.2, 0) is 0 Å². The Morgan fingerprint density at radius 2 is 1.50 bits per heavy atom. The van der Waals surface area contributed by atoms with E-state index in [2.05, 4.69) is 40.0 Å². The van der Waals surface area contributed by atoms with Crippen molar-refractivity contribution >= 4 is 0 Å². The van der Waals surface area contributed by atoms with Crippen LogP contribution in [0.1, 0.15) is 27.7 Å². The Morgan fingerprint density at radius 1 is 0.929 bits per heavy atom. The second-order valence-corrected chi connectivity index (χ2v) is 3.42. The lowest BCUT2D eigenvalue weighted by Gasteiger charge is -2.09. The van der Waals surface area contributed by atoms with Crippen molar-refractivity contribution in [1.82, 2.24) is 0 Å². The Kier molecular flexibility index (Phi) is 5.62. The maximum atomic E-state index is 3.84. The summed E-state index contributed by atoms with van der Waals surface area (Å²) in [7, 11) is 0. The molecule has 0 bridgehead atoms. The maximum absolute atomic E-state index is 3.84. The van der Waals surface area contributed by atoms with E-state index in [1.54, 1.807) is 0 Å². The highest BCUT2D eigenvalue weighted by molar-refractivity contribution is 5.52. The van der Waals surface area contributed by atoms with Crippen LogP contribution in [0, 0.1) is 0 Å². The predicted molar refractivity (Wildman–Crippen MR) is 66.3 cm³/mol. The van der Waals surface area contributed by atoms with E-state index < -0.39 is 0 Å². The average Bonchev–Trinajstić information content (AvgIpc) is 2.16. The van der Waals surface area contributed by atoms with Gasteiger partial charge in [0.2, 0.25) is 0 Å². The lowest BCUT2D eigenvalue weighted by molar-refractivity contribution is 1.28. The minimum Gasteiger partial charge on any atom is -0.0988 e. The van der Waals surface area contributed by atoms with Gasteiger partial charge in [-0.25, -0.2) is 0 Å². The zero-order chi connectivity index (χ0) is 11.1. The largest absolute Gasteiger partial charge is 0.0988 e. The fraction of sp³-hybridized carbons (Fsp3) is 0.286. The lowest BCUT2D eigenvalue weighted by atomic mass is 9.96. The van der Waals surface area contributed by atoms with Crippen LogP contribution in [0.4, 0.5) is 0 Å². The van der Waals surface area contributed by atoms with Crippen molar-refractivity contribution in [3.63, 3.8) is 0 Å². The smallest absolute Gasteiger partial charge is 0.0162 e. The van der Waals surface area contributed by atoms with E-state index in [9.17, 15) is 0 Å². The number of hydrogen-bond acceptors (Lipinski definition) is 0. The highest BCUT2D eigenvalue weighted by Crippen LogP contribution is 2.21. The van der Waals surface area contributed by atoms with Gasteiger partial charge in [0, 0.05) is 0 Å². The van der Waals surface area contributed by atoms with Crippen molar-refractivity contribution in [2.45, 2.75) is 27.7 Å². The fourth-order valence-corrected chi connectivity index (χ4v) is 1.29. The predicted octanol–water partition coefficient (Wildman–Crippen LogP) is 4.59. The molecule has 0 radical (unpaired) electrons. The Balaban J connectivity index is 5.52. The van der Waals surface area contributed by atoms with E-state index in [1.165, 1.54) is 11.1 Å². The lowest BCUT2D eigenvalue weighted by Crippen LogP contribution is -1.89. The van der Waals surface area contributed by atoms with Gasteiger partial charge < -0.3 is 0 Å². The van der Waals surface area contributed by atoms with Gasteiger partial charge in [-0.1, -0.05) is 43.0 Å². The van der Waals surface area contributed by atoms with E-state index in [1.807, 2.05) is 25.2 Å². The molecule has 0 aromatic heterocycles. The summed E-state index contributed by atoms with van der Waals surface area (Å²) in [6, 6.07) is 0. The third-order valence-electron chi connectivity index (χ3n) is 2.10. The van der Waals surface area contributed by atoms with Gasteiger partial charge in [-0.3, -0.25) is 0 Å². The minimum absolute atomic E-state index is 1.16. The molecule has 0 aliphatic carbocycles. The quantitative estimate of drug-likeness (QED) is 0.566. The monoisotopic (exact) mass is 188 g/mol. The Morgan fingerprint density at radius 3 is 1.79 bits per heavy atom. The van der Waals surface area contributed by atoms with Gasteiger partial charge >= 0.3 is 0 Å². The first-order valence-corrected chi connectivity index (χ1v) is 4.84. The summed E-state index contributed by atoms with van der Waals surface area (Å²) in [4.78, 5) is 0. The van der Waals surface area contributed by atoms with Gasteiger partial charge in [0.15, 0.2) is 0 Å². The van der Waals surface area contributed by atoms with E-state index >= 15 is 0 Å². The van der Waals surface area contributed by atoms with Gasteiger partial charge in [0.25, 0.3) is 0 Å². The molecule has 0 nitrogen and oxygen atoms in total. The summed E-state index contributed by atoms with van der Waals surface area (Å²) in [6.07, 6.45) is 7.91. The molecule has 76 valence electrons. The second kappa shape index (κ2) is 6.20. The Labute approximate surface area is 88.0 Å². The van der Waals surface area contributed by atoms with Crippen molar-refractivity contribution in [2.24, 2.45) is 0 Å². The molecule has 0 saturated heterocycles. The molecular formula is C14H20. The van der Waals surface area contributed by atoms with E-state index in [0.29, 0.717) is 0 Å². The molecule has 0 N–H and O–H groups in total. The zero-order valence-corrected chi connectivity index (χ0v) is 9.72.